The van der Waals surface area contributed by atoms with Crippen LogP contribution in [0.1, 0.15) is 9.75 Å². The van der Waals surface area contributed by atoms with Crippen LogP contribution in [0.2, 0.25) is 5.02 Å². The summed E-state index contributed by atoms with van der Waals surface area (Å²) in [6.45, 7) is 2.87. The quantitative estimate of drug-likeness (QED) is 0.795. The van der Waals surface area contributed by atoms with Crippen molar-refractivity contribution >= 4 is 28.6 Å². The Hall–Kier alpha value is -1.85. The van der Waals surface area contributed by atoms with Gasteiger partial charge in [-0.1, -0.05) is 17.7 Å². The molecule has 0 atom stereocenters. The van der Waals surface area contributed by atoms with E-state index in [9.17, 15) is 0 Å². The van der Waals surface area contributed by atoms with Gasteiger partial charge < -0.3 is 5.32 Å². The number of hydrogen-bond donors (Lipinski definition) is 1. The predicted octanol–water partition coefficient (Wildman–Crippen LogP) is 3.90. The molecular weight excluding hydrogens is 292 g/mol. The lowest BCUT2D eigenvalue weighted by molar-refractivity contribution is 0.878. The molecule has 20 heavy (non-hydrogen) atoms. The third-order valence-electron chi connectivity index (χ3n) is 2.88. The van der Waals surface area contributed by atoms with Crippen molar-refractivity contribution in [2.45, 2.75) is 13.5 Å². The molecule has 0 bridgehead atoms. The van der Waals surface area contributed by atoms with Crippen LogP contribution in [-0.2, 0) is 6.54 Å². The van der Waals surface area contributed by atoms with Gasteiger partial charge in [0.2, 0.25) is 0 Å². The van der Waals surface area contributed by atoms with Gasteiger partial charge in [-0.2, -0.15) is 5.10 Å². The number of para-hydroxylation sites is 1. The molecule has 0 fully saturated rings. The highest BCUT2D eigenvalue weighted by Gasteiger charge is 2.10. The van der Waals surface area contributed by atoms with Crippen molar-refractivity contribution in [2.75, 3.05) is 5.32 Å². The summed E-state index contributed by atoms with van der Waals surface area (Å²) >= 11 is 8.06. The first kappa shape index (κ1) is 13.1. The second-order valence-electron chi connectivity index (χ2n) is 4.34. The van der Waals surface area contributed by atoms with Crippen molar-refractivity contribution in [2.24, 2.45) is 0 Å². The third-order valence-corrected chi connectivity index (χ3v) is 4.19. The molecular formula is C14H13ClN4S. The Morgan fingerprint density at radius 1 is 1.30 bits per heavy atom. The topological polar surface area (TPSA) is 42.7 Å². The molecule has 1 aromatic carbocycles. The molecule has 0 radical (unpaired) electrons. The summed E-state index contributed by atoms with van der Waals surface area (Å²) in [5, 5.41) is 8.20. The zero-order valence-electron chi connectivity index (χ0n) is 10.9. The number of benzene rings is 1. The molecule has 0 aliphatic rings. The van der Waals surface area contributed by atoms with Gasteiger partial charge in [0.25, 0.3) is 0 Å². The molecule has 3 rings (SSSR count). The third kappa shape index (κ3) is 2.69. The minimum atomic E-state index is 0.642. The van der Waals surface area contributed by atoms with Gasteiger partial charge >= 0.3 is 0 Å². The fraction of sp³-hybridized carbons (Fsp3) is 0.143. The average molecular weight is 305 g/mol. The summed E-state index contributed by atoms with van der Waals surface area (Å²) in [6, 6.07) is 10.0. The van der Waals surface area contributed by atoms with Crippen LogP contribution >= 0.6 is 22.9 Å². The van der Waals surface area contributed by atoms with Crippen LogP contribution in [0.5, 0.6) is 0 Å². The summed E-state index contributed by atoms with van der Waals surface area (Å²) in [5.74, 6) is 0. The van der Waals surface area contributed by atoms with E-state index in [2.05, 4.69) is 34.5 Å². The number of nitrogens with one attached hydrogen (secondary N) is 1. The van der Waals surface area contributed by atoms with Crippen LogP contribution < -0.4 is 5.32 Å². The zero-order valence-corrected chi connectivity index (χ0v) is 12.4. The van der Waals surface area contributed by atoms with Gasteiger partial charge in [0.05, 0.1) is 10.7 Å². The van der Waals surface area contributed by atoms with Gasteiger partial charge in [0, 0.05) is 16.3 Å². The number of thiophene rings is 1. The molecule has 0 spiro atoms. The Bertz CT molecular complexity index is 706. The van der Waals surface area contributed by atoms with Crippen LogP contribution in [0.3, 0.4) is 0 Å². The number of anilines is 1. The number of aryl methyl sites for hydroxylation is 1. The van der Waals surface area contributed by atoms with E-state index in [0.717, 1.165) is 17.9 Å². The van der Waals surface area contributed by atoms with E-state index in [4.69, 9.17) is 11.6 Å². The van der Waals surface area contributed by atoms with Gasteiger partial charge in [-0.25, -0.2) is 9.67 Å². The highest BCUT2D eigenvalue weighted by atomic mass is 35.5. The fourth-order valence-corrected chi connectivity index (χ4v) is 3.07. The Morgan fingerprint density at radius 2 is 2.20 bits per heavy atom. The average Bonchev–Trinajstić information content (AvgIpc) is 3.08. The molecule has 0 aliphatic heterocycles. The molecule has 0 saturated heterocycles. The Kier molecular flexibility index (Phi) is 3.71. The van der Waals surface area contributed by atoms with Crippen molar-refractivity contribution in [3.05, 3.63) is 57.8 Å². The van der Waals surface area contributed by atoms with Gasteiger partial charge in [0.1, 0.15) is 18.3 Å². The van der Waals surface area contributed by atoms with Crippen molar-refractivity contribution < 1.29 is 0 Å². The van der Waals surface area contributed by atoms with Crippen LogP contribution in [0.25, 0.3) is 5.69 Å². The van der Waals surface area contributed by atoms with E-state index in [1.807, 2.05) is 18.2 Å². The van der Waals surface area contributed by atoms with Crippen molar-refractivity contribution in [1.29, 1.82) is 0 Å². The SMILES string of the molecule is Cc1ccc(CNc2cccc(Cl)c2-n2cncn2)s1. The first-order valence-electron chi connectivity index (χ1n) is 6.17. The lowest BCUT2D eigenvalue weighted by Crippen LogP contribution is -2.04. The molecule has 6 heteroatoms. The molecule has 0 saturated carbocycles. The molecule has 0 aliphatic carbocycles. The molecule has 2 heterocycles. The largest absolute Gasteiger partial charge is 0.378 e. The van der Waals surface area contributed by atoms with Gasteiger partial charge in [-0.3, -0.25) is 0 Å². The number of nitrogens with zero attached hydrogens (tertiary/aromatic N) is 3. The molecule has 4 nitrogen and oxygen atoms in total. The van der Waals surface area contributed by atoms with Gasteiger partial charge in [-0.05, 0) is 31.2 Å². The van der Waals surface area contributed by atoms with E-state index >= 15 is 0 Å². The number of hydrogen-bond acceptors (Lipinski definition) is 4. The first-order chi connectivity index (χ1) is 9.74. The Balaban J connectivity index is 1.88. The predicted molar refractivity (Wildman–Crippen MR) is 82.8 cm³/mol. The summed E-state index contributed by atoms with van der Waals surface area (Å²) in [4.78, 5) is 6.56. The van der Waals surface area contributed by atoms with E-state index in [0.29, 0.717) is 5.02 Å². The molecule has 0 amide bonds. The molecule has 0 unspecified atom stereocenters. The van der Waals surface area contributed by atoms with Crippen molar-refractivity contribution in [3.8, 4) is 5.69 Å². The minimum absolute atomic E-state index is 0.642. The van der Waals surface area contributed by atoms with Crippen molar-refractivity contribution in [3.63, 3.8) is 0 Å². The standard InChI is InChI=1S/C14H13ClN4S/c1-10-5-6-11(20-10)7-17-13-4-2-3-12(15)14(13)19-9-16-8-18-19/h2-6,8-9,17H,7H2,1H3. The maximum absolute atomic E-state index is 6.28. The Morgan fingerprint density at radius 3 is 2.90 bits per heavy atom. The van der Waals surface area contributed by atoms with E-state index in [1.165, 1.54) is 16.1 Å². The second-order valence-corrected chi connectivity index (χ2v) is 6.12. The molecule has 102 valence electrons. The number of halogens is 1. The normalized spacial score (nSPS) is 10.7. The maximum atomic E-state index is 6.28. The summed E-state index contributed by atoms with van der Waals surface area (Å²) in [5.41, 5.74) is 1.76. The van der Waals surface area contributed by atoms with E-state index < -0.39 is 0 Å². The zero-order chi connectivity index (χ0) is 13.9. The second kappa shape index (κ2) is 5.64. The molecule has 2 aromatic heterocycles. The first-order valence-corrected chi connectivity index (χ1v) is 7.36. The van der Waals surface area contributed by atoms with E-state index in [1.54, 1.807) is 22.3 Å². The highest BCUT2D eigenvalue weighted by Crippen LogP contribution is 2.28. The minimum Gasteiger partial charge on any atom is -0.378 e. The fourth-order valence-electron chi connectivity index (χ4n) is 1.98. The smallest absolute Gasteiger partial charge is 0.138 e. The van der Waals surface area contributed by atoms with E-state index in [-0.39, 0.29) is 0 Å². The van der Waals surface area contributed by atoms with Crippen LogP contribution in [0.4, 0.5) is 5.69 Å². The summed E-state index contributed by atoms with van der Waals surface area (Å²) in [6.07, 6.45) is 3.14. The Labute approximate surface area is 126 Å². The molecule has 3 aromatic rings. The number of aromatic nitrogens is 3. The monoisotopic (exact) mass is 304 g/mol. The van der Waals surface area contributed by atoms with Gasteiger partial charge in [-0.15, -0.1) is 11.3 Å². The summed E-state index contributed by atoms with van der Waals surface area (Å²) in [7, 11) is 0. The summed E-state index contributed by atoms with van der Waals surface area (Å²) < 4.78 is 1.67. The lowest BCUT2D eigenvalue weighted by atomic mass is 10.2. The van der Waals surface area contributed by atoms with Gasteiger partial charge in [0.15, 0.2) is 0 Å². The number of rotatable bonds is 4. The van der Waals surface area contributed by atoms with Crippen LogP contribution in [-0.4, -0.2) is 14.8 Å². The molecule has 1 N–H and O–H groups in total. The lowest BCUT2D eigenvalue weighted by Gasteiger charge is -2.12. The van der Waals surface area contributed by atoms with Crippen LogP contribution in [0, 0.1) is 6.92 Å². The highest BCUT2D eigenvalue weighted by molar-refractivity contribution is 7.11. The van der Waals surface area contributed by atoms with Crippen LogP contribution in [0.15, 0.2) is 43.0 Å². The maximum Gasteiger partial charge on any atom is 0.138 e. The van der Waals surface area contributed by atoms with Crippen molar-refractivity contribution in [1.82, 2.24) is 14.8 Å².